The molecule has 4 rings (SSSR count). The molecular weight excluding hydrogens is 344 g/mol. The monoisotopic (exact) mass is 378 g/mol. The predicted octanol–water partition coefficient (Wildman–Crippen LogP) is 4.71. The molecule has 0 aromatic heterocycles. The third-order valence-electron chi connectivity index (χ3n) is 6.40. The second-order valence-electron chi connectivity index (χ2n) is 8.50. The summed E-state index contributed by atoms with van der Waals surface area (Å²) in [5.74, 6) is 1.89. The van der Waals surface area contributed by atoms with Crippen LogP contribution in [0.25, 0.3) is 0 Å². The number of rotatable bonds is 6. The van der Waals surface area contributed by atoms with Crippen molar-refractivity contribution in [3.63, 3.8) is 0 Å². The Hall–Kier alpha value is -1.84. The fourth-order valence-electron chi connectivity index (χ4n) is 4.57. The van der Waals surface area contributed by atoms with E-state index in [1.165, 1.54) is 61.0 Å². The molecule has 3 nitrogen and oxygen atoms in total. The molecule has 28 heavy (non-hydrogen) atoms. The minimum Gasteiger partial charge on any atom is -0.494 e. The Labute approximate surface area is 170 Å². The van der Waals surface area contributed by atoms with Crippen LogP contribution in [0.1, 0.15) is 47.9 Å². The second kappa shape index (κ2) is 9.58. The molecule has 1 fully saturated rings. The minimum atomic E-state index is 0.831. The van der Waals surface area contributed by atoms with E-state index in [0.29, 0.717) is 0 Å². The summed E-state index contributed by atoms with van der Waals surface area (Å²) in [5, 5.41) is 3.44. The third-order valence-corrected chi connectivity index (χ3v) is 6.40. The standard InChI is InChI=1S/C25H34N2O/c1-20-5-2-3-6-23(20)18-27-15-4-7-22-17-25(9-8-24(22)19-27)28-16-12-21-10-13-26-14-11-21/h2-3,5-6,8-9,17,21,26H,4,7,10-16,18-19H2,1H3. The van der Waals surface area contributed by atoms with Crippen molar-refractivity contribution < 1.29 is 4.74 Å². The number of benzene rings is 2. The van der Waals surface area contributed by atoms with Crippen molar-refractivity contribution >= 4 is 0 Å². The Bertz CT molecular complexity index is 767. The molecule has 0 spiro atoms. The van der Waals surface area contributed by atoms with Crippen LogP contribution in [0.5, 0.6) is 5.75 Å². The molecule has 0 radical (unpaired) electrons. The largest absolute Gasteiger partial charge is 0.494 e. The van der Waals surface area contributed by atoms with Gasteiger partial charge in [-0.15, -0.1) is 0 Å². The lowest BCUT2D eigenvalue weighted by atomic mass is 9.95. The Kier molecular flexibility index (Phi) is 6.66. The van der Waals surface area contributed by atoms with Crippen LogP contribution < -0.4 is 10.1 Å². The lowest BCUT2D eigenvalue weighted by molar-refractivity contribution is 0.251. The normalized spacial score (nSPS) is 18.5. The molecule has 0 saturated carbocycles. The minimum absolute atomic E-state index is 0.831. The molecule has 150 valence electrons. The van der Waals surface area contributed by atoms with Gasteiger partial charge < -0.3 is 10.1 Å². The highest BCUT2D eigenvalue weighted by molar-refractivity contribution is 5.36. The van der Waals surface area contributed by atoms with Crippen LogP contribution in [-0.2, 0) is 19.5 Å². The molecule has 0 unspecified atom stereocenters. The van der Waals surface area contributed by atoms with Crippen molar-refractivity contribution in [2.24, 2.45) is 5.92 Å². The van der Waals surface area contributed by atoms with E-state index in [0.717, 1.165) is 44.3 Å². The zero-order chi connectivity index (χ0) is 19.2. The maximum absolute atomic E-state index is 6.12. The van der Waals surface area contributed by atoms with Gasteiger partial charge >= 0.3 is 0 Å². The van der Waals surface area contributed by atoms with E-state index < -0.39 is 0 Å². The molecule has 1 saturated heterocycles. The smallest absolute Gasteiger partial charge is 0.119 e. The van der Waals surface area contributed by atoms with Crippen molar-refractivity contribution in [1.29, 1.82) is 0 Å². The van der Waals surface area contributed by atoms with Crippen molar-refractivity contribution in [1.82, 2.24) is 10.2 Å². The maximum atomic E-state index is 6.12. The van der Waals surface area contributed by atoms with Gasteiger partial charge in [0.25, 0.3) is 0 Å². The van der Waals surface area contributed by atoms with Gasteiger partial charge in [-0.1, -0.05) is 30.3 Å². The highest BCUT2D eigenvalue weighted by Gasteiger charge is 2.17. The topological polar surface area (TPSA) is 24.5 Å². The van der Waals surface area contributed by atoms with Gasteiger partial charge in [0.2, 0.25) is 0 Å². The first-order valence-corrected chi connectivity index (χ1v) is 11.0. The van der Waals surface area contributed by atoms with E-state index >= 15 is 0 Å². The van der Waals surface area contributed by atoms with Gasteiger partial charge in [-0.3, -0.25) is 4.90 Å². The lowest BCUT2D eigenvalue weighted by Gasteiger charge is -2.22. The van der Waals surface area contributed by atoms with E-state index in [1.807, 2.05) is 0 Å². The lowest BCUT2D eigenvalue weighted by Crippen LogP contribution is -2.28. The van der Waals surface area contributed by atoms with Crippen molar-refractivity contribution in [2.45, 2.75) is 52.1 Å². The summed E-state index contributed by atoms with van der Waals surface area (Å²) in [7, 11) is 0. The molecule has 2 aromatic carbocycles. The first-order chi connectivity index (χ1) is 13.8. The number of hydrogen-bond donors (Lipinski definition) is 1. The quantitative estimate of drug-likeness (QED) is 0.788. The number of nitrogens with one attached hydrogen (secondary N) is 1. The van der Waals surface area contributed by atoms with Crippen molar-refractivity contribution in [3.8, 4) is 5.75 Å². The molecule has 1 N–H and O–H groups in total. The van der Waals surface area contributed by atoms with E-state index in [1.54, 1.807) is 0 Å². The van der Waals surface area contributed by atoms with Gasteiger partial charge in [-0.05, 0) is 99.0 Å². The molecule has 0 aliphatic carbocycles. The number of hydrogen-bond acceptors (Lipinski definition) is 3. The molecule has 2 aliphatic heterocycles. The Morgan fingerprint density at radius 1 is 1.07 bits per heavy atom. The van der Waals surface area contributed by atoms with Crippen LogP contribution >= 0.6 is 0 Å². The average Bonchev–Trinajstić information content (AvgIpc) is 2.92. The van der Waals surface area contributed by atoms with E-state index in [9.17, 15) is 0 Å². The summed E-state index contributed by atoms with van der Waals surface area (Å²) in [6.45, 7) is 8.65. The molecule has 0 bridgehead atoms. The summed E-state index contributed by atoms with van der Waals surface area (Å²) in [6, 6.07) is 15.5. The van der Waals surface area contributed by atoms with E-state index in [4.69, 9.17) is 4.74 Å². The molecular formula is C25H34N2O. The van der Waals surface area contributed by atoms with E-state index in [-0.39, 0.29) is 0 Å². The summed E-state index contributed by atoms with van der Waals surface area (Å²) >= 11 is 0. The summed E-state index contributed by atoms with van der Waals surface area (Å²) in [5.41, 5.74) is 5.79. The van der Waals surface area contributed by atoms with Gasteiger partial charge in [0.15, 0.2) is 0 Å². The Balaban J connectivity index is 1.34. The highest BCUT2D eigenvalue weighted by Crippen LogP contribution is 2.26. The fourth-order valence-corrected chi connectivity index (χ4v) is 4.57. The molecule has 0 atom stereocenters. The first kappa shape index (κ1) is 19.5. The summed E-state index contributed by atoms with van der Waals surface area (Å²) in [6.07, 6.45) is 6.15. The second-order valence-corrected chi connectivity index (χ2v) is 8.50. The molecule has 2 aliphatic rings. The van der Waals surface area contributed by atoms with Crippen LogP contribution in [0, 0.1) is 12.8 Å². The SMILES string of the molecule is Cc1ccccc1CN1CCCc2cc(OCCC3CCNCC3)ccc2C1. The van der Waals surface area contributed by atoms with E-state index in [2.05, 4.69) is 59.6 Å². The Morgan fingerprint density at radius 2 is 1.93 bits per heavy atom. The van der Waals surface area contributed by atoms with Crippen LogP contribution in [-0.4, -0.2) is 31.1 Å². The van der Waals surface area contributed by atoms with Gasteiger partial charge in [0.05, 0.1) is 6.61 Å². The predicted molar refractivity (Wildman–Crippen MR) is 116 cm³/mol. The molecule has 3 heteroatoms. The van der Waals surface area contributed by atoms with Crippen LogP contribution in [0.4, 0.5) is 0 Å². The number of fused-ring (bicyclic) bond motifs is 1. The third kappa shape index (κ3) is 5.15. The summed E-state index contributed by atoms with van der Waals surface area (Å²) < 4.78 is 6.12. The zero-order valence-electron chi connectivity index (χ0n) is 17.3. The van der Waals surface area contributed by atoms with Crippen LogP contribution in [0.15, 0.2) is 42.5 Å². The van der Waals surface area contributed by atoms with Crippen LogP contribution in [0.3, 0.4) is 0 Å². The maximum Gasteiger partial charge on any atom is 0.119 e. The van der Waals surface area contributed by atoms with Gasteiger partial charge in [-0.25, -0.2) is 0 Å². The van der Waals surface area contributed by atoms with Crippen molar-refractivity contribution in [3.05, 3.63) is 64.7 Å². The summed E-state index contributed by atoms with van der Waals surface area (Å²) in [4.78, 5) is 2.59. The number of piperidine rings is 1. The Morgan fingerprint density at radius 3 is 2.79 bits per heavy atom. The highest BCUT2D eigenvalue weighted by atomic mass is 16.5. The molecule has 2 heterocycles. The molecule has 0 amide bonds. The van der Waals surface area contributed by atoms with Gasteiger partial charge in [-0.2, -0.15) is 0 Å². The van der Waals surface area contributed by atoms with Gasteiger partial charge in [0, 0.05) is 13.1 Å². The zero-order valence-corrected chi connectivity index (χ0v) is 17.3. The fraction of sp³-hybridized carbons (Fsp3) is 0.520. The average molecular weight is 379 g/mol. The number of ether oxygens (including phenoxy) is 1. The van der Waals surface area contributed by atoms with Crippen molar-refractivity contribution in [2.75, 3.05) is 26.2 Å². The number of aryl methyl sites for hydroxylation is 2. The first-order valence-electron chi connectivity index (χ1n) is 11.0. The van der Waals surface area contributed by atoms with Gasteiger partial charge in [0.1, 0.15) is 5.75 Å². The van der Waals surface area contributed by atoms with Crippen LogP contribution in [0.2, 0.25) is 0 Å². The number of nitrogens with zero attached hydrogens (tertiary/aromatic N) is 1. The molecule has 2 aromatic rings.